The lowest BCUT2D eigenvalue weighted by atomic mass is 9.78. The van der Waals surface area contributed by atoms with Crippen LogP contribution in [0.5, 0.6) is 5.75 Å². The predicted octanol–water partition coefficient (Wildman–Crippen LogP) is 5.96. The Bertz CT molecular complexity index is 1050. The van der Waals surface area contributed by atoms with Crippen molar-refractivity contribution in [2.45, 2.75) is 57.4 Å². The molecule has 0 spiro atoms. The van der Waals surface area contributed by atoms with Crippen LogP contribution < -0.4 is 4.74 Å². The largest absolute Gasteiger partial charge is 0.497 e. The number of nitrogens with zero attached hydrogens (tertiary/aromatic N) is 1. The van der Waals surface area contributed by atoms with Crippen molar-refractivity contribution in [1.29, 1.82) is 0 Å². The van der Waals surface area contributed by atoms with Gasteiger partial charge in [0.2, 0.25) is 5.91 Å². The molecule has 2 unspecified atom stereocenters. The summed E-state index contributed by atoms with van der Waals surface area (Å²) in [5.41, 5.74) is 4.61. The summed E-state index contributed by atoms with van der Waals surface area (Å²) in [7, 11) is 1.69. The number of methoxy groups -OCH3 is 1. The van der Waals surface area contributed by atoms with Crippen molar-refractivity contribution >= 4 is 16.8 Å². The lowest BCUT2D eigenvalue weighted by molar-refractivity contribution is -0.137. The number of hydrogen-bond acceptors (Lipinski definition) is 2. The minimum Gasteiger partial charge on any atom is -0.497 e. The third kappa shape index (κ3) is 3.96. The van der Waals surface area contributed by atoms with E-state index in [1.807, 2.05) is 12.1 Å². The Morgan fingerprint density at radius 1 is 1.03 bits per heavy atom. The van der Waals surface area contributed by atoms with Gasteiger partial charge in [-0.3, -0.25) is 4.79 Å². The van der Waals surface area contributed by atoms with Crippen LogP contribution in [0.25, 0.3) is 22.2 Å². The molecule has 2 heterocycles. The van der Waals surface area contributed by atoms with E-state index in [0.717, 1.165) is 47.8 Å². The van der Waals surface area contributed by atoms with Gasteiger partial charge in [0.15, 0.2) is 0 Å². The molecule has 1 saturated carbocycles. The number of para-hydroxylation sites is 1. The molecule has 2 fully saturated rings. The van der Waals surface area contributed by atoms with Gasteiger partial charge in [-0.1, -0.05) is 31.0 Å². The van der Waals surface area contributed by atoms with Crippen molar-refractivity contribution in [1.82, 2.24) is 9.88 Å². The van der Waals surface area contributed by atoms with Gasteiger partial charge in [0.25, 0.3) is 0 Å². The molecule has 2 atom stereocenters. The maximum absolute atomic E-state index is 13.3. The molecular weight excluding hydrogens is 384 g/mol. The first kappa shape index (κ1) is 20.2. The second-order valence-corrected chi connectivity index (χ2v) is 9.09. The van der Waals surface area contributed by atoms with Crippen molar-refractivity contribution in [3.8, 4) is 17.0 Å². The number of aromatic nitrogens is 1. The van der Waals surface area contributed by atoms with Crippen molar-refractivity contribution in [3.05, 3.63) is 54.1 Å². The molecule has 1 saturated heterocycles. The molecule has 1 aliphatic heterocycles. The first-order valence-electron chi connectivity index (χ1n) is 11.8. The zero-order valence-electron chi connectivity index (χ0n) is 18.4. The monoisotopic (exact) mass is 416 g/mol. The SMILES string of the molecule is COc1ccc(-c2[nH]c3ccccc3c2CCC(=O)N2CCCC3CCCCC32)cc1. The van der Waals surface area contributed by atoms with Crippen LogP contribution >= 0.6 is 0 Å². The Balaban J connectivity index is 1.40. The van der Waals surface area contributed by atoms with E-state index in [1.165, 1.54) is 43.1 Å². The third-order valence-corrected chi connectivity index (χ3v) is 7.34. The summed E-state index contributed by atoms with van der Waals surface area (Å²) < 4.78 is 5.32. The molecule has 5 rings (SSSR count). The smallest absolute Gasteiger partial charge is 0.223 e. The highest BCUT2D eigenvalue weighted by Gasteiger charge is 2.35. The van der Waals surface area contributed by atoms with Crippen LogP contribution in [0.2, 0.25) is 0 Å². The van der Waals surface area contributed by atoms with Crippen LogP contribution in [0.3, 0.4) is 0 Å². The zero-order valence-corrected chi connectivity index (χ0v) is 18.4. The topological polar surface area (TPSA) is 45.3 Å². The molecule has 4 heteroatoms. The highest BCUT2D eigenvalue weighted by atomic mass is 16.5. The summed E-state index contributed by atoms with van der Waals surface area (Å²) in [6.45, 7) is 0.944. The summed E-state index contributed by atoms with van der Waals surface area (Å²) in [5, 5.41) is 1.22. The number of ether oxygens (including phenoxy) is 1. The van der Waals surface area contributed by atoms with E-state index in [1.54, 1.807) is 7.11 Å². The standard InChI is InChI=1S/C27H32N2O2/c1-31-21-14-12-20(13-15-21)27-23(22-9-3-4-10-24(22)28-27)16-17-26(30)29-18-6-8-19-7-2-5-11-25(19)29/h3-4,9-10,12-15,19,25,28H,2,5-8,11,16-18H2,1H3. The molecule has 1 aromatic heterocycles. The van der Waals surface area contributed by atoms with Crippen LogP contribution in [0.15, 0.2) is 48.5 Å². The second-order valence-electron chi connectivity index (χ2n) is 9.09. The Hall–Kier alpha value is -2.75. The van der Waals surface area contributed by atoms with Gasteiger partial charge in [0.05, 0.1) is 7.11 Å². The quantitative estimate of drug-likeness (QED) is 0.558. The van der Waals surface area contributed by atoms with Crippen LogP contribution in [0.4, 0.5) is 0 Å². The molecule has 2 aliphatic rings. The second kappa shape index (κ2) is 8.78. The fraction of sp³-hybridized carbons (Fsp3) is 0.444. The van der Waals surface area contributed by atoms with Crippen molar-refractivity contribution in [2.24, 2.45) is 5.92 Å². The molecule has 31 heavy (non-hydrogen) atoms. The zero-order chi connectivity index (χ0) is 21.2. The van der Waals surface area contributed by atoms with Crippen molar-refractivity contribution in [2.75, 3.05) is 13.7 Å². The van der Waals surface area contributed by atoms with E-state index in [4.69, 9.17) is 4.74 Å². The van der Waals surface area contributed by atoms with Gasteiger partial charge in [-0.2, -0.15) is 0 Å². The summed E-state index contributed by atoms with van der Waals surface area (Å²) in [5.74, 6) is 1.92. The Morgan fingerprint density at radius 3 is 2.65 bits per heavy atom. The number of nitrogens with one attached hydrogen (secondary N) is 1. The number of H-pyrrole nitrogens is 1. The molecule has 4 nitrogen and oxygen atoms in total. The molecule has 162 valence electrons. The summed E-state index contributed by atoms with van der Waals surface area (Å²) in [6, 6.07) is 17.1. The number of amides is 1. The average Bonchev–Trinajstić information content (AvgIpc) is 3.20. The first-order valence-corrected chi connectivity index (χ1v) is 11.8. The summed E-state index contributed by atoms with van der Waals surface area (Å²) in [4.78, 5) is 19.1. The molecule has 0 radical (unpaired) electrons. The lowest BCUT2D eigenvalue weighted by Gasteiger charge is -2.44. The molecular formula is C27H32N2O2. The van der Waals surface area contributed by atoms with Crippen LogP contribution in [0.1, 0.15) is 50.5 Å². The molecule has 1 aliphatic carbocycles. The number of carbonyl (C=O) groups is 1. The number of piperidine rings is 1. The van der Waals surface area contributed by atoms with Gasteiger partial charge in [0, 0.05) is 35.6 Å². The normalized spacial score (nSPS) is 21.1. The van der Waals surface area contributed by atoms with Crippen LogP contribution in [-0.4, -0.2) is 35.5 Å². The number of hydrogen-bond donors (Lipinski definition) is 1. The van der Waals surface area contributed by atoms with Gasteiger partial charge in [-0.15, -0.1) is 0 Å². The number of carbonyl (C=O) groups excluding carboxylic acids is 1. The lowest BCUT2D eigenvalue weighted by Crippen LogP contribution is -2.49. The average molecular weight is 417 g/mol. The number of aryl methyl sites for hydroxylation is 1. The van der Waals surface area contributed by atoms with Crippen LogP contribution in [0, 0.1) is 5.92 Å². The van der Waals surface area contributed by atoms with E-state index in [0.29, 0.717) is 18.4 Å². The molecule has 2 aromatic carbocycles. The molecule has 3 aromatic rings. The highest BCUT2D eigenvalue weighted by molar-refractivity contribution is 5.91. The van der Waals surface area contributed by atoms with Gasteiger partial charge >= 0.3 is 0 Å². The fourth-order valence-electron chi connectivity index (χ4n) is 5.77. The number of likely N-dealkylation sites (tertiary alicyclic amines) is 1. The number of benzene rings is 2. The van der Waals surface area contributed by atoms with E-state index >= 15 is 0 Å². The number of aromatic amines is 1. The third-order valence-electron chi connectivity index (χ3n) is 7.34. The van der Waals surface area contributed by atoms with E-state index in [-0.39, 0.29) is 0 Å². The highest BCUT2D eigenvalue weighted by Crippen LogP contribution is 2.36. The maximum Gasteiger partial charge on any atom is 0.223 e. The van der Waals surface area contributed by atoms with Crippen LogP contribution in [-0.2, 0) is 11.2 Å². The molecule has 1 N–H and O–H groups in total. The van der Waals surface area contributed by atoms with E-state index < -0.39 is 0 Å². The number of rotatable bonds is 5. The predicted molar refractivity (Wildman–Crippen MR) is 125 cm³/mol. The summed E-state index contributed by atoms with van der Waals surface area (Å²) >= 11 is 0. The van der Waals surface area contributed by atoms with Crippen molar-refractivity contribution in [3.63, 3.8) is 0 Å². The Kier molecular flexibility index (Phi) is 5.71. The van der Waals surface area contributed by atoms with E-state index in [9.17, 15) is 4.79 Å². The molecule has 1 amide bonds. The van der Waals surface area contributed by atoms with Gasteiger partial charge in [-0.25, -0.2) is 0 Å². The fourth-order valence-corrected chi connectivity index (χ4v) is 5.77. The van der Waals surface area contributed by atoms with Gasteiger partial charge in [-0.05, 0) is 79.5 Å². The van der Waals surface area contributed by atoms with E-state index in [2.05, 4.69) is 46.3 Å². The molecule has 0 bridgehead atoms. The Labute approximate surface area is 184 Å². The Morgan fingerprint density at radius 2 is 1.81 bits per heavy atom. The summed E-state index contributed by atoms with van der Waals surface area (Å²) in [6.07, 6.45) is 8.92. The van der Waals surface area contributed by atoms with Crippen molar-refractivity contribution < 1.29 is 9.53 Å². The minimum atomic E-state index is 0.336. The minimum absolute atomic E-state index is 0.336. The maximum atomic E-state index is 13.3. The van der Waals surface area contributed by atoms with Gasteiger partial charge in [0.1, 0.15) is 5.75 Å². The first-order chi connectivity index (χ1) is 15.2. The van der Waals surface area contributed by atoms with Gasteiger partial charge < -0.3 is 14.6 Å². The number of fused-ring (bicyclic) bond motifs is 2.